The molecule has 1 aromatic carbocycles. The molecule has 0 atom stereocenters. The van der Waals surface area contributed by atoms with E-state index in [0.29, 0.717) is 10.1 Å². The minimum atomic E-state index is -0.885. The van der Waals surface area contributed by atoms with E-state index in [-0.39, 0.29) is 15.7 Å². The lowest BCUT2D eigenvalue weighted by atomic mass is 10.2. The Morgan fingerprint density at radius 1 is 1.20 bits per heavy atom. The van der Waals surface area contributed by atoms with Gasteiger partial charge in [-0.25, -0.2) is 4.39 Å². The molecule has 11 heteroatoms. The number of furan rings is 1. The summed E-state index contributed by atoms with van der Waals surface area (Å²) in [6.07, 6.45) is 0. The highest BCUT2D eigenvalue weighted by Gasteiger charge is 2.20. The van der Waals surface area contributed by atoms with Crippen LogP contribution in [-0.4, -0.2) is 16.7 Å². The van der Waals surface area contributed by atoms with Crippen molar-refractivity contribution in [3.05, 3.63) is 61.9 Å². The average Bonchev–Trinajstić information content (AvgIpc) is 3.18. The Morgan fingerprint density at radius 2 is 1.92 bits per heavy atom. The highest BCUT2D eigenvalue weighted by Crippen LogP contribution is 2.35. The van der Waals surface area contributed by atoms with Crippen LogP contribution in [0.5, 0.6) is 0 Å². The van der Waals surface area contributed by atoms with Gasteiger partial charge >= 0.3 is 11.8 Å². The second-order valence-electron chi connectivity index (χ2n) is 4.69. The number of halogens is 2. The summed E-state index contributed by atoms with van der Waals surface area (Å²) in [5.41, 5.74) is 4.17. The van der Waals surface area contributed by atoms with Crippen molar-refractivity contribution in [1.29, 1.82) is 0 Å². The van der Waals surface area contributed by atoms with Crippen molar-refractivity contribution in [1.82, 2.24) is 10.9 Å². The largest absolute Gasteiger partial charge is 0.433 e. The zero-order valence-electron chi connectivity index (χ0n) is 12.0. The zero-order chi connectivity index (χ0) is 18.1. The van der Waals surface area contributed by atoms with Gasteiger partial charge in [0.25, 0.3) is 5.91 Å². The molecule has 0 saturated carbocycles. The van der Waals surface area contributed by atoms with Gasteiger partial charge in [0.1, 0.15) is 15.6 Å². The van der Waals surface area contributed by atoms with Crippen LogP contribution in [0.1, 0.15) is 20.2 Å². The number of nitro groups is 1. The summed E-state index contributed by atoms with van der Waals surface area (Å²) in [6, 6.07) is 6.00. The quantitative estimate of drug-likeness (QED) is 0.532. The molecule has 3 aromatic rings. The lowest BCUT2D eigenvalue weighted by Gasteiger charge is -2.04. The Morgan fingerprint density at radius 3 is 2.60 bits per heavy atom. The van der Waals surface area contributed by atoms with Gasteiger partial charge in [-0.05, 0) is 24.3 Å². The van der Waals surface area contributed by atoms with Crippen LogP contribution in [0, 0.1) is 15.9 Å². The van der Waals surface area contributed by atoms with E-state index in [1.807, 2.05) is 0 Å². The van der Waals surface area contributed by atoms with Gasteiger partial charge in [0.05, 0.1) is 11.1 Å². The summed E-state index contributed by atoms with van der Waals surface area (Å²) >= 11 is 7.05. The predicted octanol–water partition coefficient (Wildman–Crippen LogP) is 3.27. The van der Waals surface area contributed by atoms with E-state index in [2.05, 4.69) is 10.9 Å². The first kappa shape index (κ1) is 16.9. The van der Waals surface area contributed by atoms with Gasteiger partial charge in [-0.15, -0.1) is 11.3 Å². The number of carbonyl (C=O) groups is 2. The van der Waals surface area contributed by atoms with Crippen LogP contribution in [-0.2, 0) is 0 Å². The number of rotatable bonds is 3. The number of thiophene rings is 1. The van der Waals surface area contributed by atoms with Gasteiger partial charge in [0, 0.05) is 10.1 Å². The van der Waals surface area contributed by atoms with Gasteiger partial charge in [0.15, 0.2) is 0 Å². The molecule has 0 spiro atoms. The minimum Gasteiger partial charge on any atom is -0.395 e. The van der Waals surface area contributed by atoms with Gasteiger partial charge in [-0.1, -0.05) is 11.6 Å². The Labute approximate surface area is 147 Å². The molecule has 0 saturated heterocycles. The number of amides is 2. The third-order valence-corrected chi connectivity index (χ3v) is 4.74. The number of hydrogen-bond donors (Lipinski definition) is 2. The zero-order valence-corrected chi connectivity index (χ0v) is 13.6. The molecule has 25 heavy (non-hydrogen) atoms. The van der Waals surface area contributed by atoms with Gasteiger partial charge in [-0.2, -0.15) is 0 Å². The highest BCUT2D eigenvalue weighted by molar-refractivity contribution is 7.21. The summed E-state index contributed by atoms with van der Waals surface area (Å²) in [5, 5.41) is 11.1. The summed E-state index contributed by atoms with van der Waals surface area (Å²) < 4.78 is 18.4. The van der Waals surface area contributed by atoms with Crippen molar-refractivity contribution >= 4 is 50.7 Å². The molecule has 0 fully saturated rings. The van der Waals surface area contributed by atoms with Crippen molar-refractivity contribution in [3.8, 4) is 0 Å². The molecule has 2 aromatic heterocycles. The van der Waals surface area contributed by atoms with E-state index < -0.39 is 28.4 Å². The van der Waals surface area contributed by atoms with Crippen LogP contribution in [0.3, 0.4) is 0 Å². The van der Waals surface area contributed by atoms with E-state index in [9.17, 15) is 24.1 Å². The minimum absolute atomic E-state index is 0.0768. The van der Waals surface area contributed by atoms with E-state index in [4.69, 9.17) is 16.0 Å². The smallest absolute Gasteiger partial charge is 0.395 e. The summed E-state index contributed by atoms with van der Waals surface area (Å²) in [5.74, 6) is -3.03. The molecule has 0 aliphatic rings. The fourth-order valence-corrected chi connectivity index (χ4v) is 3.40. The van der Waals surface area contributed by atoms with Crippen molar-refractivity contribution in [2.45, 2.75) is 0 Å². The highest BCUT2D eigenvalue weighted by atomic mass is 35.5. The third-order valence-electron chi connectivity index (χ3n) is 3.08. The molecule has 2 heterocycles. The van der Waals surface area contributed by atoms with Crippen LogP contribution in [0.2, 0.25) is 5.02 Å². The number of nitrogens with one attached hydrogen (secondary N) is 2. The Bertz CT molecular complexity index is 1020. The van der Waals surface area contributed by atoms with Crippen molar-refractivity contribution in [3.63, 3.8) is 0 Å². The Kier molecular flexibility index (Phi) is 4.38. The standard InChI is InChI=1S/C14H7ClFN3O5S/c15-11-7-2-1-6(16)5-9(7)25-12(11)14(21)18-17-13(20)8-3-4-10(24-8)19(22)23/h1-5H,(H,17,20)(H,18,21). The molecule has 2 amide bonds. The molecule has 8 nitrogen and oxygen atoms in total. The molecular weight excluding hydrogens is 377 g/mol. The summed E-state index contributed by atoms with van der Waals surface area (Å²) in [6.45, 7) is 0. The monoisotopic (exact) mass is 383 g/mol. The normalized spacial score (nSPS) is 10.6. The van der Waals surface area contributed by atoms with E-state index in [1.54, 1.807) is 0 Å². The van der Waals surface area contributed by atoms with Crippen molar-refractivity contribution in [2.75, 3.05) is 0 Å². The third kappa shape index (κ3) is 3.30. The van der Waals surface area contributed by atoms with Gasteiger partial charge < -0.3 is 4.42 Å². The fraction of sp³-hybridized carbons (Fsp3) is 0. The number of benzene rings is 1. The van der Waals surface area contributed by atoms with Crippen LogP contribution in [0.4, 0.5) is 10.3 Å². The van der Waals surface area contributed by atoms with E-state index >= 15 is 0 Å². The van der Waals surface area contributed by atoms with Crippen molar-refractivity contribution in [2.24, 2.45) is 0 Å². The lowest BCUT2D eigenvalue weighted by Crippen LogP contribution is -2.41. The van der Waals surface area contributed by atoms with Crippen LogP contribution in [0.15, 0.2) is 34.7 Å². The number of hydrazine groups is 1. The summed E-state index contributed by atoms with van der Waals surface area (Å²) in [7, 11) is 0. The molecule has 0 aliphatic carbocycles. The van der Waals surface area contributed by atoms with E-state index in [1.165, 1.54) is 18.2 Å². The molecule has 3 rings (SSSR count). The van der Waals surface area contributed by atoms with Gasteiger partial charge in [-0.3, -0.25) is 30.6 Å². The average molecular weight is 384 g/mol. The number of carbonyl (C=O) groups excluding carboxylic acids is 2. The second kappa shape index (κ2) is 6.49. The first-order valence-corrected chi connectivity index (χ1v) is 7.78. The van der Waals surface area contributed by atoms with E-state index in [0.717, 1.165) is 23.5 Å². The molecule has 0 bridgehead atoms. The first-order chi connectivity index (χ1) is 11.9. The van der Waals surface area contributed by atoms with Crippen molar-refractivity contribution < 1.29 is 23.3 Å². The number of fused-ring (bicyclic) bond motifs is 1. The Balaban J connectivity index is 1.73. The first-order valence-electron chi connectivity index (χ1n) is 6.59. The number of nitrogens with zero attached hydrogens (tertiary/aromatic N) is 1. The molecule has 0 unspecified atom stereocenters. The summed E-state index contributed by atoms with van der Waals surface area (Å²) in [4.78, 5) is 33.7. The fourth-order valence-electron chi connectivity index (χ4n) is 1.96. The molecule has 128 valence electrons. The van der Waals surface area contributed by atoms with Gasteiger partial charge in [0.2, 0.25) is 5.76 Å². The molecule has 2 N–H and O–H groups in total. The SMILES string of the molecule is O=C(NNC(=O)c1sc2cc(F)ccc2c1Cl)c1ccc([N+](=O)[O-])o1. The predicted molar refractivity (Wildman–Crippen MR) is 87.1 cm³/mol. The second-order valence-corrected chi connectivity index (χ2v) is 6.12. The maximum atomic E-state index is 13.2. The van der Waals surface area contributed by atoms with Crippen LogP contribution in [0.25, 0.3) is 10.1 Å². The maximum absolute atomic E-state index is 13.2. The molecular formula is C14H7ClFN3O5S. The molecule has 0 aliphatic heterocycles. The molecule has 0 radical (unpaired) electrons. The Hall–Kier alpha value is -2.98. The maximum Gasteiger partial charge on any atom is 0.433 e. The van der Waals surface area contributed by atoms with Crippen LogP contribution < -0.4 is 10.9 Å². The number of hydrogen-bond acceptors (Lipinski definition) is 6. The topological polar surface area (TPSA) is 114 Å². The lowest BCUT2D eigenvalue weighted by molar-refractivity contribution is -0.402. The van der Waals surface area contributed by atoms with Crippen LogP contribution >= 0.6 is 22.9 Å².